The van der Waals surface area contributed by atoms with Crippen molar-refractivity contribution in [1.29, 1.82) is 0 Å². The van der Waals surface area contributed by atoms with Crippen molar-refractivity contribution in [3.63, 3.8) is 0 Å². The van der Waals surface area contributed by atoms with Crippen molar-refractivity contribution in [2.45, 2.75) is 81.5 Å². The van der Waals surface area contributed by atoms with Crippen molar-refractivity contribution in [3.05, 3.63) is 30.1 Å². The van der Waals surface area contributed by atoms with Gasteiger partial charge in [0, 0.05) is 37.6 Å². The minimum absolute atomic E-state index is 0.0767. The van der Waals surface area contributed by atoms with Crippen molar-refractivity contribution in [2.75, 3.05) is 32.7 Å². The van der Waals surface area contributed by atoms with Crippen molar-refractivity contribution in [2.24, 2.45) is 0 Å². The van der Waals surface area contributed by atoms with Crippen LogP contribution in [0.4, 0.5) is 0 Å². The number of aromatic nitrogens is 1. The lowest BCUT2D eigenvalue weighted by Crippen LogP contribution is -2.57. The molecular weight excluding hydrogens is 404 g/mol. The Labute approximate surface area is 190 Å². The summed E-state index contributed by atoms with van der Waals surface area (Å²) in [4.78, 5) is 34.4. The lowest BCUT2D eigenvalue weighted by Gasteiger charge is -2.39. The number of nitrogens with one attached hydrogen (secondary N) is 1. The summed E-state index contributed by atoms with van der Waals surface area (Å²) < 4.78 is 6.52. The molecule has 3 saturated heterocycles. The van der Waals surface area contributed by atoms with Gasteiger partial charge in [0.1, 0.15) is 5.54 Å². The molecule has 0 radical (unpaired) electrons. The Hall–Kier alpha value is -1.99. The molecule has 3 aliphatic heterocycles. The smallest absolute Gasteiger partial charge is 0.253 e. The molecule has 7 heteroatoms. The van der Waals surface area contributed by atoms with Crippen LogP contribution in [0.15, 0.2) is 24.5 Å². The van der Waals surface area contributed by atoms with E-state index in [2.05, 4.69) is 15.2 Å². The summed E-state index contributed by atoms with van der Waals surface area (Å²) in [6.45, 7) is 4.17. The van der Waals surface area contributed by atoms with Gasteiger partial charge in [0.15, 0.2) is 0 Å². The molecule has 0 bridgehead atoms. The first-order valence-corrected chi connectivity index (χ1v) is 12.5. The van der Waals surface area contributed by atoms with Crippen LogP contribution in [0.1, 0.15) is 74.6 Å². The number of ether oxygens (including phenoxy) is 1. The van der Waals surface area contributed by atoms with E-state index in [1.54, 1.807) is 24.5 Å². The Kier molecular flexibility index (Phi) is 6.21. The number of hydrogen-bond donors (Lipinski definition) is 1. The third-order valence-electron chi connectivity index (χ3n) is 8.28. The summed E-state index contributed by atoms with van der Waals surface area (Å²) in [7, 11) is 0. The highest BCUT2D eigenvalue weighted by atomic mass is 16.5. The monoisotopic (exact) mass is 440 g/mol. The van der Waals surface area contributed by atoms with E-state index in [4.69, 9.17) is 4.74 Å². The zero-order chi connectivity index (χ0) is 22.0. The van der Waals surface area contributed by atoms with Gasteiger partial charge in [-0.3, -0.25) is 19.5 Å². The van der Waals surface area contributed by atoms with Crippen molar-refractivity contribution >= 4 is 11.8 Å². The molecule has 1 N–H and O–H groups in total. The van der Waals surface area contributed by atoms with Gasteiger partial charge < -0.3 is 15.0 Å². The molecule has 4 heterocycles. The normalized spacial score (nSPS) is 27.1. The molecule has 4 fully saturated rings. The average molecular weight is 441 g/mol. The highest BCUT2D eigenvalue weighted by molar-refractivity contribution is 5.94. The number of carbonyl (C=O) groups excluding carboxylic acids is 2. The summed E-state index contributed by atoms with van der Waals surface area (Å²) in [6, 6.07) is 3.55. The lowest BCUT2D eigenvalue weighted by molar-refractivity contribution is -0.134. The molecule has 1 spiro atoms. The van der Waals surface area contributed by atoms with E-state index < -0.39 is 0 Å². The first-order valence-electron chi connectivity index (χ1n) is 12.5. The number of pyridine rings is 1. The summed E-state index contributed by atoms with van der Waals surface area (Å²) in [6.07, 6.45) is 13.9. The van der Waals surface area contributed by atoms with Gasteiger partial charge >= 0.3 is 0 Å². The fourth-order valence-corrected chi connectivity index (χ4v) is 6.36. The van der Waals surface area contributed by atoms with Gasteiger partial charge in [-0.2, -0.15) is 0 Å². The fraction of sp³-hybridized carbons (Fsp3) is 0.720. The van der Waals surface area contributed by atoms with Crippen LogP contribution in [0.25, 0.3) is 0 Å². The fourth-order valence-electron chi connectivity index (χ4n) is 6.36. The first kappa shape index (κ1) is 21.8. The van der Waals surface area contributed by atoms with E-state index in [9.17, 15) is 9.59 Å². The number of amides is 2. The number of piperidine rings is 1. The minimum Gasteiger partial charge on any atom is -0.370 e. The Morgan fingerprint density at radius 2 is 1.66 bits per heavy atom. The van der Waals surface area contributed by atoms with E-state index in [0.717, 1.165) is 77.5 Å². The quantitative estimate of drug-likeness (QED) is 0.762. The summed E-state index contributed by atoms with van der Waals surface area (Å²) in [5, 5.41) is 3.28. The maximum atomic E-state index is 13.3. The lowest BCUT2D eigenvalue weighted by atomic mass is 9.88. The van der Waals surface area contributed by atoms with Gasteiger partial charge in [-0.15, -0.1) is 0 Å². The zero-order valence-corrected chi connectivity index (χ0v) is 19.1. The molecule has 1 aromatic heterocycles. The number of carbonyl (C=O) groups is 2. The molecule has 4 aliphatic rings. The van der Waals surface area contributed by atoms with E-state index in [-0.39, 0.29) is 29.1 Å². The Morgan fingerprint density at radius 3 is 2.34 bits per heavy atom. The number of likely N-dealkylation sites (tertiary alicyclic amines) is 2. The Morgan fingerprint density at radius 1 is 0.969 bits per heavy atom. The minimum atomic E-state index is -0.272. The molecule has 0 aromatic carbocycles. The standard InChI is InChI=1S/C25H36N4O3/c30-22(20-6-13-26-14-7-20)28-17-11-24(12-18-28)10-5-21(32-24)19-27-23(31)25(8-1-2-9-25)29-15-3-4-16-29/h6-7,13-14,21H,1-5,8-12,15-19H2,(H,27,31). The molecular formula is C25H36N4O3. The van der Waals surface area contributed by atoms with E-state index in [0.29, 0.717) is 12.1 Å². The van der Waals surface area contributed by atoms with Crippen molar-refractivity contribution in [3.8, 4) is 0 Å². The molecule has 1 unspecified atom stereocenters. The molecule has 32 heavy (non-hydrogen) atoms. The number of hydrogen-bond acceptors (Lipinski definition) is 5. The maximum absolute atomic E-state index is 13.3. The molecule has 1 saturated carbocycles. The molecule has 5 rings (SSSR count). The van der Waals surface area contributed by atoms with Gasteiger partial charge in [-0.05, 0) is 76.6 Å². The van der Waals surface area contributed by atoms with E-state index in [1.807, 2.05) is 4.90 Å². The highest BCUT2D eigenvalue weighted by Gasteiger charge is 2.48. The second-order valence-corrected chi connectivity index (χ2v) is 10.1. The first-order chi connectivity index (χ1) is 15.6. The highest BCUT2D eigenvalue weighted by Crippen LogP contribution is 2.40. The van der Waals surface area contributed by atoms with E-state index >= 15 is 0 Å². The zero-order valence-electron chi connectivity index (χ0n) is 19.1. The van der Waals surface area contributed by atoms with Gasteiger partial charge in [0.2, 0.25) is 5.91 Å². The van der Waals surface area contributed by atoms with E-state index in [1.165, 1.54) is 12.8 Å². The topological polar surface area (TPSA) is 74.8 Å². The van der Waals surface area contributed by atoms with Crippen LogP contribution in [0, 0.1) is 0 Å². The molecule has 1 aliphatic carbocycles. The molecule has 1 atom stereocenters. The van der Waals surface area contributed by atoms with Gasteiger partial charge in [0.05, 0.1) is 11.7 Å². The number of rotatable bonds is 5. The summed E-state index contributed by atoms with van der Waals surface area (Å²) >= 11 is 0. The largest absolute Gasteiger partial charge is 0.370 e. The van der Waals surface area contributed by atoms with Crippen LogP contribution < -0.4 is 5.32 Å². The predicted molar refractivity (Wildman–Crippen MR) is 121 cm³/mol. The third-order valence-corrected chi connectivity index (χ3v) is 8.28. The Bertz CT molecular complexity index is 810. The average Bonchev–Trinajstić information content (AvgIpc) is 3.60. The Balaban J connectivity index is 1.12. The summed E-state index contributed by atoms with van der Waals surface area (Å²) in [5.41, 5.74) is 0.290. The van der Waals surface area contributed by atoms with Crippen molar-refractivity contribution < 1.29 is 14.3 Å². The molecule has 1 aromatic rings. The third kappa shape index (κ3) is 4.17. The van der Waals surface area contributed by atoms with Crippen LogP contribution >= 0.6 is 0 Å². The second kappa shape index (κ2) is 9.10. The van der Waals surface area contributed by atoms with Gasteiger partial charge in [-0.1, -0.05) is 12.8 Å². The summed E-state index contributed by atoms with van der Waals surface area (Å²) in [5.74, 6) is 0.298. The second-order valence-electron chi connectivity index (χ2n) is 10.1. The van der Waals surface area contributed by atoms with Crippen LogP contribution in [-0.2, 0) is 9.53 Å². The van der Waals surface area contributed by atoms with Crippen LogP contribution in [0.3, 0.4) is 0 Å². The van der Waals surface area contributed by atoms with Crippen molar-refractivity contribution in [1.82, 2.24) is 20.1 Å². The van der Waals surface area contributed by atoms with Gasteiger partial charge in [0.25, 0.3) is 5.91 Å². The molecule has 174 valence electrons. The van der Waals surface area contributed by atoms with Crippen LogP contribution in [0.2, 0.25) is 0 Å². The number of nitrogens with zero attached hydrogens (tertiary/aromatic N) is 3. The van der Waals surface area contributed by atoms with Gasteiger partial charge in [-0.25, -0.2) is 0 Å². The maximum Gasteiger partial charge on any atom is 0.253 e. The molecule has 7 nitrogen and oxygen atoms in total. The molecule has 2 amide bonds. The SMILES string of the molecule is O=C(c1ccncc1)N1CCC2(CCC(CNC(=O)C3(N4CCCC4)CCCC3)O2)CC1. The van der Waals surface area contributed by atoms with Crippen LogP contribution in [0.5, 0.6) is 0 Å². The van der Waals surface area contributed by atoms with Crippen LogP contribution in [-0.4, -0.2) is 76.6 Å². The predicted octanol–water partition coefficient (Wildman–Crippen LogP) is 2.76.